The molecule has 0 spiro atoms. The molecule has 6 N–H and O–H groups in total. The lowest BCUT2D eigenvalue weighted by molar-refractivity contribution is 0.356. The number of nitrogens with two attached hydrogens (primary N) is 3. The van der Waals surface area contributed by atoms with Crippen LogP contribution in [0.5, 0.6) is 11.5 Å². The molecule has 1 aromatic carbocycles. The highest BCUT2D eigenvalue weighted by Gasteiger charge is 2.15. The summed E-state index contributed by atoms with van der Waals surface area (Å²) in [7, 11) is 3.19. The lowest BCUT2D eigenvalue weighted by Crippen LogP contribution is -2.31. The lowest BCUT2D eigenvalue weighted by Gasteiger charge is -2.16. The predicted octanol–water partition coefficient (Wildman–Crippen LogP) is 2.79. The first-order valence-electron chi connectivity index (χ1n) is 9.50. The van der Waals surface area contributed by atoms with Crippen LogP contribution in [0, 0.1) is 0 Å². The third-order valence-electron chi connectivity index (χ3n) is 5.22. The van der Waals surface area contributed by atoms with E-state index >= 15 is 0 Å². The molecule has 0 bridgehead atoms. The number of nitrogen functional groups attached to an aromatic ring is 1. The van der Waals surface area contributed by atoms with Crippen LogP contribution in [0.25, 0.3) is 32.9 Å². The van der Waals surface area contributed by atoms with Crippen molar-refractivity contribution in [3.05, 3.63) is 48.4 Å². The Labute approximate surface area is 174 Å². The number of pyridine rings is 3. The maximum atomic E-state index is 6.29. The van der Waals surface area contributed by atoms with E-state index in [9.17, 15) is 0 Å². The number of aromatic nitrogens is 3. The van der Waals surface area contributed by atoms with Crippen LogP contribution in [0.1, 0.15) is 18.5 Å². The van der Waals surface area contributed by atoms with E-state index in [1.807, 2.05) is 31.2 Å². The minimum Gasteiger partial charge on any atom is -0.493 e. The van der Waals surface area contributed by atoms with Gasteiger partial charge in [-0.15, -0.1) is 0 Å². The standard InChI is InChI=1S/C22H24N6O2/c1-11(23)21(24)13-4-12(8-26-9-13)17-5-14-15-6-19(29-2)20(30-3)7-18(15)27-10-16(14)22(25)28-17/h4-11,21H,23-24H2,1-3H3,(H2,25,28). The molecule has 3 aromatic heterocycles. The molecule has 0 radical (unpaired) electrons. The predicted molar refractivity (Wildman–Crippen MR) is 118 cm³/mol. The van der Waals surface area contributed by atoms with Gasteiger partial charge in [0, 0.05) is 53.1 Å². The van der Waals surface area contributed by atoms with E-state index in [-0.39, 0.29) is 12.1 Å². The van der Waals surface area contributed by atoms with E-state index in [1.54, 1.807) is 32.8 Å². The topological polar surface area (TPSA) is 135 Å². The zero-order valence-electron chi connectivity index (χ0n) is 17.1. The fourth-order valence-electron chi connectivity index (χ4n) is 3.49. The van der Waals surface area contributed by atoms with Crippen molar-refractivity contribution in [2.45, 2.75) is 19.0 Å². The Kier molecular flexibility index (Phi) is 5.11. The minimum atomic E-state index is -0.322. The zero-order chi connectivity index (χ0) is 21.4. The fraction of sp³-hybridized carbons (Fsp3) is 0.227. The van der Waals surface area contributed by atoms with E-state index in [1.165, 1.54) is 0 Å². The molecule has 0 aliphatic heterocycles. The Morgan fingerprint density at radius 3 is 2.30 bits per heavy atom. The molecule has 0 saturated heterocycles. The van der Waals surface area contributed by atoms with Crippen molar-refractivity contribution in [1.82, 2.24) is 15.0 Å². The number of nitrogens with zero attached hydrogens (tertiary/aromatic N) is 3. The van der Waals surface area contributed by atoms with Gasteiger partial charge in [0.1, 0.15) is 5.82 Å². The van der Waals surface area contributed by atoms with Crippen LogP contribution in [0.4, 0.5) is 5.82 Å². The number of hydrogen-bond acceptors (Lipinski definition) is 8. The van der Waals surface area contributed by atoms with Gasteiger partial charge in [0.05, 0.1) is 25.4 Å². The maximum Gasteiger partial charge on any atom is 0.162 e. The minimum absolute atomic E-state index is 0.200. The first kappa shape index (κ1) is 19.8. The molecule has 2 atom stereocenters. The molecule has 4 aromatic rings. The van der Waals surface area contributed by atoms with Gasteiger partial charge >= 0.3 is 0 Å². The van der Waals surface area contributed by atoms with Crippen molar-refractivity contribution in [1.29, 1.82) is 0 Å². The molecule has 0 amide bonds. The summed E-state index contributed by atoms with van der Waals surface area (Å²) < 4.78 is 10.9. The van der Waals surface area contributed by atoms with Gasteiger partial charge < -0.3 is 26.7 Å². The van der Waals surface area contributed by atoms with E-state index < -0.39 is 0 Å². The average molecular weight is 404 g/mol. The van der Waals surface area contributed by atoms with Crippen molar-refractivity contribution in [2.75, 3.05) is 20.0 Å². The van der Waals surface area contributed by atoms with Gasteiger partial charge in [0.15, 0.2) is 11.5 Å². The Hall–Kier alpha value is -3.49. The van der Waals surface area contributed by atoms with E-state index in [4.69, 9.17) is 26.7 Å². The van der Waals surface area contributed by atoms with Crippen LogP contribution >= 0.6 is 0 Å². The van der Waals surface area contributed by atoms with Crippen molar-refractivity contribution < 1.29 is 9.47 Å². The summed E-state index contributed by atoms with van der Waals surface area (Å²) >= 11 is 0. The van der Waals surface area contributed by atoms with Crippen LogP contribution in [0.3, 0.4) is 0 Å². The Balaban J connectivity index is 1.95. The average Bonchev–Trinajstić information content (AvgIpc) is 2.77. The zero-order valence-corrected chi connectivity index (χ0v) is 17.1. The third kappa shape index (κ3) is 3.36. The summed E-state index contributed by atoms with van der Waals surface area (Å²) in [5.74, 6) is 1.61. The van der Waals surface area contributed by atoms with Gasteiger partial charge in [-0.3, -0.25) is 9.97 Å². The van der Waals surface area contributed by atoms with Gasteiger partial charge in [0.25, 0.3) is 0 Å². The molecule has 30 heavy (non-hydrogen) atoms. The van der Waals surface area contributed by atoms with Crippen molar-refractivity contribution in [3.63, 3.8) is 0 Å². The van der Waals surface area contributed by atoms with Gasteiger partial charge in [0.2, 0.25) is 0 Å². The van der Waals surface area contributed by atoms with Gasteiger partial charge in [-0.1, -0.05) is 0 Å². The fourth-order valence-corrected chi connectivity index (χ4v) is 3.49. The van der Waals surface area contributed by atoms with E-state index in [0.29, 0.717) is 23.0 Å². The molecular formula is C22H24N6O2. The third-order valence-corrected chi connectivity index (χ3v) is 5.22. The molecule has 4 rings (SSSR count). The SMILES string of the molecule is COc1cc2ncc3c(N)nc(-c4cncc(C(N)C(C)N)c4)cc3c2cc1OC. The summed E-state index contributed by atoms with van der Waals surface area (Å²) in [6, 6.07) is 7.13. The molecule has 8 nitrogen and oxygen atoms in total. The van der Waals surface area contributed by atoms with Gasteiger partial charge in [-0.2, -0.15) is 0 Å². The van der Waals surface area contributed by atoms with Crippen molar-refractivity contribution in [2.24, 2.45) is 11.5 Å². The summed E-state index contributed by atoms with van der Waals surface area (Å²) in [5.41, 5.74) is 21.5. The Morgan fingerprint density at radius 2 is 1.60 bits per heavy atom. The number of benzene rings is 1. The number of anilines is 1. The van der Waals surface area contributed by atoms with Crippen LogP contribution in [0.2, 0.25) is 0 Å². The van der Waals surface area contributed by atoms with Crippen LogP contribution in [-0.4, -0.2) is 35.2 Å². The Bertz CT molecular complexity index is 1240. The summed E-state index contributed by atoms with van der Waals surface area (Å²) in [5, 5.41) is 2.55. The molecule has 154 valence electrons. The summed E-state index contributed by atoms with van der Waals surface area (Å²) in [6.45, 7) is 1.87. The highest BCUT2D eigenvalue weighted by Crippen LogP contribution is 2.37. The lowest BCUT2D eigenvalue weighted by atomic mass is 10.00. The number of fused-ring (bicyclic) bond motifs is 3. The first-order valence-corrected chi connectivity index (χ1v) is 9.50. The highest BCUT2D eigenvalue weighted by atomic mass is 16.5. The normalized spacial score (nSPS) is 13.4. The number of rotatable bonds is 5. The smallest absolute Gasteiger partial charge is 0.162 e. The molecule has 2 unspecified atom stereocenters. The summed E-state index contributed by atoms with van der Waals surface area (Å²) in [4.78, 5) is 13.4. The van der Waals surface area contributed by atoms with Crippen molar-refractivity contribution in [3.8, 4) is 22.8 Å². The monoisotopic (exact) mass is 404 g/mol. The van der Waals surface area contributed by atoms with Crippen LogP contribution in [0.15, 0.2) is 42.9 Å². The molecular weight excluding hydrogens is 380 g/mol. The molecule has 3 heterocycles. The highest BCUT2D eigenvalue weighted by molar-refractivity contribution is 6.10. The van der Waals surface area contributed by atoms with Gasteiger partial charge in [-0.05, 0) is 36.1 Å². The van der Waals surface area contributed by atoms with Crippen LogP contribution < -0.4 is 26.7 Å². The second kappa shape index (κ2) is 7.74. The quantitative estimate of drug-likeness (QED) is 0.432. The number of hydrogen-bond donors (Lipinski definition) is 3. The second-order valence-electron chi connectivity index (χ2n) is 7.23. The molecule has 0 fully saturated rings. The molecule has 0 aliphatic rings. The van der Waals surface area contributed by atoms with E-state index in [0.717, 1.165) is 32.8 Å². The molecule has 8 heteroatoms. The van der Waals surface area contributed by atoms with Crippen molar-refractivity contribution >= 4 is 27.5 Å². The first-order chi connectivity index (χ1) is 14.4. The maximum absolute atomic E-state index is 6.29. The molecule has 0 saturated carbocycles. The number of ether oxygens (including phenoxy) is 2. The number of methoxy groups -OCH3 is 2. The largest absolute Gasteiger partial charge is 0.493 e. The van der Waals surface area contributed by atoms with Crippen LogP contribution in [-0.2, 0) is 0 Å². The molecule has 0 aliphatic carbocycles. The Morgan fingerprint density at radius 1 is 0.867 bits per heavy atom. The second-order valence-corrected chi connectivity index (χ2v) is 7.23. The van der Waals surface area contributed by atoms with Gasteiger partial charge in [-0.25, -0.2) is 4.98 Å². The summed E-state index contributed by atoms with van der Waals surface area (Å²) in [6.07, 6.45) is 5.17. The van der Waals surface area contributed by atoms with E-state index in [2.05, 4.69) is 15.0 Å².